The third-order valence-corrected chi connectivity index (χ3v) is 6.02. The number of benzene rings is 2. The van der Waals surface area contributed by atoms with Crippen molar-refractivity contribution in [3.63, 3.8) is 0 Å². The molecule has 0 saturated carbocycles. The Bertz CT molecular complexity index is 1100. The van der Waals surface area contributed by atoms with Crippen molar-refractivity contribution < 1.29 is 26.4 Å². The number of alkyl halides is 3. The molecule has 6 nitrogen and oxygen atoms in total. The van der Waals surface area contributed by atoms with E-state index < -0.39 is 27.7 Å². The Kier molecular flexibility index (Phi) is 5.89. The van der Waals surface area contributed by atoms with Gasteiger partial charge in [-0.3, -0.25) is 9.52 Å². The van der Waals surface area contributed by atoms with E-state index in [0.29, 0.717) is 0 Å². The van der Waals surface area contributed by atoms with Gasteiger partial charge in [0.05, 0.1) is 10.5 Å². The van der Waals surface area contributed by atoms with E-state index in [-0.39, 0.29) is 27.7 Å². The average Bonchev–Trinajstić information content (AvgIpc) is 3.18. The number of hydrogen-bond acceptors (Lipinski definition) is 5. The molecule has 0 unspecified atom stereocenters. The molecule has 11 heteroatoms. The average molecular weight is 441 g/mol. The summed E-state index contributed by atoms with van der Waals surface area (Å²) < 4.78 is 65.9. The predicted octanol–water partition coefficient (Wildman–Crippen LogP) is 3.89. The molecule has 0 radical (unpaired) electrons. The number of thiazole rings is 1. The molecule has 29 heavy (non-hydrogen) atoms. The minimum absolute atomic E-state index is 0.0693. The van der Waals surface area contributed by atoms with Gasteiger partial charge in [-0.25, -0.2) is 13.4 Å². The molecule has 0 aliphatic rings. The minimum atomic E-state index is -4.53. The number of aromatic nitrogens is 1. The number of hydrogen-bond donors (Lipinski definition) is 2. The van der Waals surface area contributed by atoms with Gasteiger partial charge in [0.25, 0.3) is 15.9 Å². The van der Waals surface area contributed by atoms with Gasteiger partial charge in [0.15, 0.2) is 5.13 Å². The normalized spacial score (nSPS) is 11.8. The lowest BCUT2D eigenvalue weighted by atomic mass is 10.1. The summed E-state index contributed by atoms with van der Waals surface area (Å²) in [6.45, 7) is -0.319. The van der Waals surface area contributed by atoms with Crippen LogP contribution in [0.1, 0.15) is 21.5 Å². The van der Waals surface area contributed by atoms with Crippen LogP contribution in [0.2, 0.25) is 0 Å². The lowest BCUT2D eigenvalue weighted by Gasteiger charge is -2.13. The fourth-order valence-electron chi connectivity index (χ4n) is 2.46. The second kappa shape index (κ2) is 8.21. The molecule has 3 aromatic rings. The molecule has 1 amide bonds. The highest BCUT2D eigenvalue weighted by molar-refractivity contribution is 7.93. The van der Waals surface area contributed by atoms with Gasteiger partial charge in [-0.15, -0.1) is 11.3 Å². The van der Waals surface area contributed by atoms with Gasteiger partial charge >= 0.3 is 6.18 Å². The summed E-state index contributed by atoms with van der Waals surface area (Å²) >= 11 is 1.11. The molecule has 2 aromatic carbocycles. The van der Waals surface area contributed by atoms with Crippen LogP contribution in [-0.4, -0.2) is 19.3 Å². The maximum absolute atomic E-state index is 13.0. The fourth-order valence-corrected chi connectivity index (χ4v) is 4.25. The van der Waals surface area contributed by atoms with Crippen molar-refractivity contribution in [1.29, 1.82) is 0 Å². The lowest BCUT2D eigenvalue weighted by molar-refractivity contribution is -0.138. The van der Waals surface area contributed by atoms with Gasteiger partial charge in [0.2, 0.25) is 0 Å². The monoisotopic (exact) mass is 441 g/mol. The van der Waals surface area contributed by atoms with Crippen LogP contribution in [0.3, 0.4) is 0 Å². The SMILES string of the molecule is O=C(NCc1ccccc1C(F)(F)F)c1ccc(S(=O)(=O)Nc2nccs2)cc1. The summed E-state index contributed by atoms with van der Waals surface area (Å²) in [4.78, 5) is 16.0. The molecule has 0 aliphatic carbocycles. The molecule has 1 aromatic heterocycles. The highest BCUT2D eigenvalue weighted by atomic mass is 32.2. The number of sulfonamides is 1. The van der Waals surface area contributed by atoms with Gasteiger partial charge in [-0.05, 0) is 35.9 Å². The number of halogens is 3. The van der Waals surface area contributed by atoms with Crippen LogP contribution in [-0.2, 0) is 22.7 Å². The lowest BCUT2D eigenvalue weighted by Crippen LogP contribution is -2.24. The summed E-state index contributed by atoms with van der Waals surface area (Å²) in [7, 11) is -3.86. The summed E-state index contributed by atoms with van der Waals surface area (Å²) in [5, 5.41) is 4.23. The summed E-state index contributed by atoms with van der Waals surface area (Å²) in [6.07, 6.45) is -3.07. The van der Waals surface area contributed by atoms with Crippen LogP contribution in [0.4, 0.5) is 18.3 Å². The predicted molar refractivity (Wildman–Crippen MR) is 102 cm³/mol. The molecule has 152 valence electrons. The quantitative estimate of drug-likeness (QED) is 0.608. The van der Waals surface area contributed by atoms with Gasteiger partial charge < -0.3 is 5.32 Å². The van der Waals surface area contributed by atoms with Gasteiger partial charge in [0.1, 0.15) is 0 Å². The van der Waals surface area contributed by atoms with Crippen molar-refractivity contribution >= 4 is 32.4 Å². The first-order chi connectivity index (χ1) is 13.7. The molecule has 0 bridgehead atoms. The van der Waals surface area contributed by atoms with Crippen molar-refractivity contribution in [2.24, 2.45) is 0 Å². The highest BCUT2D eigenvalue weighted by Gasteiger charge is 2.32. The fraction of sp³-hybridized carbons (Fsp3) is 0.111. The molecule has 0 aliphatic heterocycles. The first-order valence-corrected chi connectivity index (χ1v) is 10.5. The zero-order valence-corrected chi connectivity index (χ0v) is 16.2. The molecule has 0 atom stereocenters. The zero-order valence-electron chi connectivity index (χ0n) is 14.6. The standard InChI is InChI=1S/C18H14F3N3O3S2/c19-18(20,21)15-4-2-1-3-13(15)11-23-16(25)12-5-7-14(8-6-12)29(26,27)24-17-22-9-10-28-17/h1-10H,11H2,(H,22,24)(H,23,25). The van der Waals surface area contributed by atoms with Crippen LogP contribution in [0.15, 0.2) is 65.0 Å². The minimum Gasteiger partial charge on any atom is -0.348 e. The van der Waals surface area contributed by atoms with Crippen LogP contribution in [0.25, 0.3) is 0 Å². The third kappa shape index (κ3) is 5.12. The van der Waals surface area contributed by atoms with Crippen molar-refractivity contribution in [2.75, 3.05) is 4.72 Å². The van der Waals surface area contributed by atoms with E-state index in [1.807, 2.05) is 0 Å². The number of nitrogens with one attached hydrogen (secondary N) is 2. The van der Waals surface area contributed by atoms with Gasteiger partial charge in [-0.1, -0.05) is 18.2 Å². The highest BCUT2D eigenvalue weighted by Crippen LogP contribution is 2.31. The largest absolute Gasteiger partial charge is 0.416 e. The Hall–Kier alpha value is -2.92. The number of nitrogens with zero attached hydrogens (tertiary/aromatic N) is 1. The van der Waals surface area contributed by atoms with Crippen molar-refractivity contribution in [1.82, 2.24) is 10.3 Å². The second-order valence-electron chi connectivity index (χ2n) is 5.80. The zero-order chi connectivity index (χ0) is 21.1. The number of anilines is 1. The maximum atomic E-state index is 13.0. The van der Waals surface area contributed by atoms with Crippen LogP contribution < -0.4 is 10.0 Å². The van der Waals surface area contributed by atoms with E-state index in [1.165, 1.54) is 48.7 Å². The Morgan fingerprint density at radius 2 is 1.76 bits per heavy atom. The van der Waals surface area contributed by atoms with Crippen LogP contribution in [0.5, 0.6) is 0 Å². The third-order valence-electron chi connectivity index (χ3n) is 3.84. The molecular weight excluding hydrogens is 427 g/mol. The summed E-state index contributed by atoms with van der Waals surface area (Å²) in [5.74, 6) is -0.626. The van der Waals surface area contributed by atoms with Crippen LogP contribution >= 0.6 is 11.3 Å². The number of carbonyl (C=O) groups excluding carboxylic acids is 1. The van der Waals surface area contributed by atoms with E-state index in [2.05, 4.69) is 15.0 Å². The first kappa shape index (κ1) is 20.8. The van der Waals surface area contributed by atoms with E-state index in [4.69, 9.17) is 0 Å². The molecule has 0 fully saturated rings. The van der Waals surface area contributed by atoms with E-state index in [0.717, 1.165) is 17.4 Å². The Labute approximate surface area is 168 Å². The number of rotatable bonds is 6. The Morgan fingerprint density at radius 3 is 2.38 bits per heavy atom. The Morgan fingerprint density at radius 1 is 1.07 bits per heavy atom. The molecule has 0 spiro atoms. The molecule has 1 heterocycles. The second-order valence-corrected chi connectivity index (χ2v) is 8.38. The summed E-state index contributed by atoms with van der Waals surface area (Å²) in [6, 6.07) is 9.96. The van der Waals surface area contributed by atoms with Crippen molar-refractivity contribution in [2.45, 2.75) is 17.6 Å². The summed E-state index contributed by atoms with van der Waals surface area (Å²) in [5.41, 5.74) is -0.780. The number of carbonyl (C=O) groups is 1. The van der Waals surface area contributed by atoms with E-state index >= 15 is 0 Å². The van der Waals surface area contributed by atoms with Crippen molar-refractivity contribution in [3.05, 3.63) is 76.8 Å². The van der Waals surface area contributed by atoms with Gasteiger partial charge in [0, 0.05) is 23.7 Å². The molecule has 2 N–H and O–H groups in total. The van der Waals surface area contributed by atoms with E-state index in [9.17, 15) is 26.4 Å². The van der Waals surface area contributed by atoms with E-state index in [1.54, 1.807) is 5.38 Å². The number of amides is 1. The van der Waals surface area contributed by atoms with Crippen molar-refractivity contribution in [3.8, 4) is 0 Å². The first-order valence-electron chi connectivity index (χ1n) is 8.12. The molecular formula is C18H14F3N3O3S2. The van der Waals surface area contributed by atoms with Gasteiger partial charge in [-0.2, -0.15) is 13.2 Å². The molecule has 3 rings (SSSR count). The Balaban J connectivity index is 1.69. The topological polar surface area (TPSA) is 88.2 Å². The smallest absolute Gasteiger partial charge is 0.348 e. The van der Waals surface area contributed by atoms with Crippen LogP contribution in [0, 0.1) is 0 Å². The maximum Gasteiger partial charge on any atom is 0.416 e. The molecule has 0 saturated heterocycles.